The second-order valence-electron chi connectivity index (χ2n) is 6.58. The monoisotopic (exact) mass is 280 g/mol. The van der Waals surface area contributed by atoms with Gasteiger partial charge in [0.1, 0.15) is 5.78 Å². The largest absolute Gasteiger partial charge is 0.299 e. The molecule has 0 radical (unpaired) electrons. The molecular formula is C20H24O. The Morgan fingerprint density at radius 2 is 2.05 bits per heavy atom. The van der Waals surface area contributed by atoms with Crippen LogP contribution < -0.4 is 0 Å². The van der Waals surface area contributed by atoms with Gasteiger partial charge in [0.25, 0.3) is 0 Å². The molecular weight excluding hydrogens is 256 g/mol. The predicted octanol–water partition coefficient (Wildman–Crippen LogP) is 4.59. The molecule has 0 unspecified atom stereocenters. The number of hydrogen-bond donors (Lipinski definition) is 0. The summed E-state index contributed by atoms with van der Waals surface area (Å²) in [5.41, 5.74) is 2.80. The molecule has 4 atom stereocenters. The van der Waals surface area contributed by atoms with Gasteiger partial charge in [-0.3, -0.25) is 4.79 Å². The second-order valence-corrected chi connectivity index (χ2v) is 6.58. The lowest BCUT2D eigenvalue weighted by Gasteiger charge is -2.44. The molecule has 1 heteroatoms. The molecule has 110 valence electrons. The van der Waals surface area contributed by atoms with Crippen LogP contribution in [0.1, 0.15) is 31.7 Å². The van der Waals surface area contributed by atoms with Crippen LogP contribution in [0, 0.1) is 23.7 Å². The summed E-state index contributed by atoms with van der Waals surface area (Å²) < 4.78 is 0. The van der Waals surface area contributed by atoms with Crippen LogP contribution >= 0.6 is 0 Å². The first-order valence-electron chi connectivity index (χ1n) is 8.06. The van der Waals surface area contributed by atoms with E-state index in [9.17, 15) is 4.79 Å². The number of rotatable bonds is 3. The van der Waals surface area contributed by atoms with Gasteiger partial charge < -0.3 is 0 Å². The minimum atomic E-state index is 0.221. The highest BCUT2D eigenvalue weighted by Crippen LogP contribution is 2.46. The summed E-state index contributed by atoms with van der Waals surface area (Å²) in [4.78, 5) is 12.3. The van der Waals surface area contributed by atoms with Crippen molar-refractivity contribution in [2.75, 3.05) is 0 Å². The van der Waals surface area contributed by atoms with E-state index in [1.807, 2.05) is 0 Å². The maximum Gasteiger partial charge on any atom is 0.136 e. The van der Waals surface area contributed by atoms with Crippen molar-refractivity contribution < 1.29 is 4.79 Å². The lowest BCUT2D eigenvalue weighted by atomic mass is 9.59. The lowest BCUT2D eigenvalue weighted by Crippen LogP contribution is -2.42. The molecule has 2 aliphatic carbocycles. The maximum atomic E-state index is 12.3. The Hall–Kier alpha value is -1.63. The first-order valence-corrected chi connectivity index (χ1v) is 8.06. The van der Waals surface area contributed by atoms with Crippen LogP contribution in [0.25, 0.3) is 0 Å². The Balaban J connectivity index is 1.88. The SMILES string of the molecule is C=C[C@@H]1C(C)=CC[C@H]2C(=O)CC[C@@H](Cc3ccccc3)[C@H]12. The third kappa shape index (κ3) is 2.74. The maximum absolute atomic E-state index is 12.3. The molecule has 0 aromatic heterocycles. The van der Waals surface area contributed by atoms with Gasteiger partial charge in [-0.2, -0.15) is 0 Å². The number of benzene rings is 1. The molecule has 3 rings (SSSR count). The van der Waals surface area contributed by atoms with Gasteiger partial charge >= 0.3 is 0 Å². The van der Waals surface area contributed by atoms with Gasteiger partial charge in [0.05, 0.1) is 0 Å². The minimum absolute atomic E-state index is 0.221. The Kier molecular flexibility index (Phi) is 4.10. The smallest absolute Gasteiger partial charge is 0.136 e. The van der Waals surface area contributed by atoms with Crippen LogP contribution in [0.3, 0.4) is 0 Å². The van der Waals surface area contributed by atoms with Gasteiger partial charge in [0.2, 0.25) is 0 Å². The normalized spacial score (nSPS) is 32.2. The van der Waals surface area contributed by atoms with E-state index in [1.165, 1.54) is 11.1 Å². The fourth-order valence-corrected chi connectivity index (χ4v) is 4.33. The Bertz CT molecular complexity index is 554. The van der Waals surface area contributed by atoms with Crippen molar-refractivity contribution in [2.45, 2.75) is 32.6 Å². The third-order valence-corrected chi connectivity index (χ3v) is 5.41. The van der Waals surface area contributed by atoms with Gasteiger partial charge in [-0.05, 0) is 43.6 Å². The Labute approximate surface area is 127 Å². The Morgan fingerprint density at radius 3 is 2.76 bits per heavy atom. The van der Waals surface area contributed by atoms with Crippen molar-refractivity contribution in [3.63, 3.8) is 0 Å². The third-order valence-electron chi connectivity index (χ3n) is 5.41. The number of allylic oxidation sites excluding steroid dienone is 3. The number of Topliss-reactive ketones (excluding diaryl/α,β-unsaturated/α-hetero) is 1. The van der Waals surface area contributed by atoms with Crippen molar-refractivity contribution in [3.05, 3.63) is 60.2 Å². The van der Waals surface area contributed by atoms with Gasteiger partial charge in [-0.25, -0.2) is 0 Å². The number of hydrogen-bond acceptors (Lipinski definition) is 1. The molecule has 1 aromatic carbocycles. The number of fused-ring (bicyclic) bond motifs is 1. The van der Waals surface area contributed by atoms with Crippen molar-refractivity contribution in [2.24, 2.45) is 23.7 Å². The van der Waals surface area contributed by atoms with E-state index in [2.05, 4.69) is 56.0 Å². The number of carbonyl (C=O) groups excluding carboxylic acids is 1. The van der Waals surface area contributed by atoms with E-state index in [0.717, 1.165) is 25.7 Å². The number of carbonyl (C=O) groups is 1. The zero-order valence-corrected chi connectivity index (χ0v) is 12.8. The molecule has 0 bridgehead atoms. The van der Waals surface area contributed by atoms with E-state index < -0.39 is 0 Å². The van der Waals surface area contributed by atoms with Crippen LogP contribution in [0.5, 0.6) is 0 Å². The quantitative estimate of drug-likeness (QED) is 0.740. The van der Waals surface area contributed by atoms with E-state index in [1.54, 1.807) is 0 Å². The zero-order chi connectivity index (χ0) is 14.8. The molecule has 1 aromatic rings. The Morgan fingerprint density at radius 1 is 1.29 bits per heavy atom. The summed E-state index contributed by atoms with van der Waals surface area (Å²) in [7, 11) is 0. The highest BCUT2D eigenvalue weighted by atomic mass is 16.1. The van der Waals surface area contributed by atoms with E-state index in [0.29, 0.717) is 23.5 Å². The van der Waals surface area contributed by atoms with Gasteiger partial charge in [0, 0.05) is 18.3 Å². The van der Waals surface area contributed by atoms with E-state index in [4.69, 9.17) is 0 Å². The average molecular weight is 280 g/mol. The molecule has 0 aliphatic heterocycles. The summed E-state index contributed by atoms with van der Waals surface area (Å²) in [5.74, 6) is 2.12. The van der Waals surface area contributed by atoms with E-state index in [-0.39, 0.29) is 5.92 Å². The van der Waals surface area contributed by atoms with Crippen LogP contribution in [0.4, 0.5) is 0 Å². The van der Waals surface area contributed by atoms with Crippen molar-refractivity contribution >= 4 is 5.78 Å². The van der Waals surface area contributed by atoms with Crippen molar-refractivity contribution in [1.82, 2.24) is 0 Å². The van der Waals surface area contributed by atoms with Crippen LogP contribution in [-0.2, 0) is 11.2 Å². The van der Waals surface area contributed by atoms with Crippen molar-refractivity contribution in [3.8, 4) is 0 Å². The molecule has 0 spiro atoms. The number of ketones is 1. The summed E-state index contributed by atoms with van der Waals surface area (Å²) in [6, 6.07) is 10.7. The predicted molar refractivity (Wildman–Crippen MR) is 86.9 cm³/mol. The first-order chi connectivity index (χ1) is 10.2. The summed E-state index contributed by atoms with van der Waals surface area (Å²) in [6.45, 7) is 6.24. The summed E-state index contributed by atoms with van der Waals surface area (Å²) in [5, 5.41) is 0. The minimum Gasteiger partial charge on any atom is -0.299 e. The fourth-order valence-electron chi connectivity index (χ4n) is 4.33. The summed E-state index contributed by atoms with van der Waals surface area (Å²) in [6.07, 6.45) is 8.15. The van der Waals surface area contributed by atoms with Gasteiger partial charge in [0.15, 0.2) is 0 Å². The molecule has 1 nitrogen and oxygen atoms in total. The lowest BCUT2D eigenvalue weighted by molar-refractivity contribution is -0.129. The summed E-state index contributed by atoms with van der Waals surface area (Å²) >= 11 is 0. The molecule has 0 N–H and O–H groups in total. The average Bonchev–Trinajstić information content (AvgIpc) is 2.51. The molecule has 1 saturated carbocycles. The fraction of sp³-hybridized carbons (Fsp3) is 0.450. The van der Waals surface area contributed by atoms with E-state index >= 15 is 0 Å². The van der Waals surface area contributed by atoms with Crippen LogP contribution in [-0.4, -0.2) is 5.78 Å². The molecule has 0 heterocycles. The molecule has 0 saturated heterocycles. The highest BCUT2D eigenvalue weighted by Gasteiger charge is 2.43. The topological polar surface area (TPSA) is 17.1 Å². The molecule has 0 amide bonds. The van der Waals surface area contributed by atoms with Crippen LogP contribution in [0.2, 0.25) is 0 Å². The van der Waals surface area contributed by atoms with Gasteiger partial charge in [-0.15, -0.1) is 6.58 Å². The molecule has 1 fully saturated rings. The molecule has 21 heavy (non-hydrogen) atoms. The second kappa shape index (κ2) is 6.01. The highest BCUT2D eigenvalue weighted by molar-refractivity contribution is 5.82. The van der Waals surface area contributed by atoms with Gasteiger partial charge in [-0.1, -0.05) is 48.1 Å². The molecule has 2 aliphatic rings. The standard InChI is InChI=1S/C20H24O/c1-3-17-14(2)9-11-18-19(21)12-10-16(20(17)18)13-15-7-5-4-6-8-15/h3-9,16-18,20H,1,10-13H2,2H3/t16-,17+,18-,20+/m0/s1. The zero-order valence-electron chi connectivity index (χ0n) is 12.8. The van der Waals surface area contributed by atoms with Crippen molar-refractivity contribution in [1.29, 1.82) is 0 Å². The van der Waals surface area contributed by atoms with Crippen LogP contribution in [0.15, 0.2) is 54.6 Å². The first kappa shape index (κ1) is 14.3.